The Hall–Kier alpha value is -2.25. The van der Waals surface area contributed by atoms with E-state index in [1.54, 1.807) is 32.9 Å². The number of carbonyl (C=O) groups is 1. The van der Waals surface area contributed by atoms with E-state index in [2.05, 4.69) is 10.0 Å². The summed E-state index contributed by atoms with van der Waals surface area (Å²) in [4.78, 5) is 12.4. The predicted octanol–water partition coefficient (Wildman–Crippen LogP) is 2.91. The molecule has 0 atom stereocenters. The van der Waals surface area contributed by atoms with E-state index in [1.807, 2.05) is 0 Å². The van der Waals surface area contributed by atoms with E-state index in [1.165, 1.54) is 25.2 Å². The Morgan fingerprint density at radius 3 is 2.38 bits per heavy atom. The zero-order valence-corrected chi connectivity index (χ0v) is 14.7. The van der Waals surface area contributed by atoms with Crippen LogP contribution in [0.5, 0.6) is 0 Å². The molecule has 24 heavy (non-hydrogen) atoms. The second kappa shape index (κ2) is 6.70. The molecule has 0 saturated carbocycles. The molecule has 0 spiro atoms. The lowest BCUT2D eigenvalue weighted by Gasteiger charge is -2.13. The maximum Gasteiger partial charge on any atom is 0.255 e. The first-order valence-corrected chi connectivity index (χ1v) is 8.76. The Morgan fingerprint density at radius 1 is 1.08 bits per heavy atom. The Balaban J connectivity index is 2.45. The van der Waals surface area contributed by atoms with Gasteiger partial charge >= 0.3 is 0 Å². The van der Waals surface area contributed by atoms with Crippen LogP contribution in [-0.4, -0.2) is 21.4 Å². The third kappa shape index (κ3) is 3.63. The predicted molar refractivity (Wildman–Crippen MR) is 91.3 cm³/mol. The average molecular weight is 350 g/mol. The van der Waals surface area contributed by atoms with Crippen molar-refractivity contribution in [2.24, 2.45) is 0 Å². The first-order valence-electron chi connectivity index (χ1n) is 7.28. The van der Waals surface area contributed by atoms with Crippen LogP contribution in [0, 0.1) is 26.6 Å². The highest BCUT2D eigenvalue weighted by molar-refractivity contribution is 7.89. The minimum atomic E-state index is -3.70. The number of hydrogen-bond donors (Lipinski definition) is 2. The van der Waals surface area contributed by atoms with E-state index < -0.39 is 21.7 Å². The molecule has 0 aliphatic heterocycles. The summed E-state index contributed by atoms with van der Waals surface area (Å²) in [5, 5.41) is 2.48. The molecule has 0 aliphatic rings. The molecule has 0 saturated heterocycles. The van der Waals surface area contributed by atoms with Crippen LogP contribution in [0.25, 0.3) is 0 Å². The third-order valence-corrected chi connectivity index (χ3v) is 5.35. The van der Waals surface area contributed by atoms with Crippen LogP contribution in [-0.2, 0) is 10.0 Å². The quantitative estimate of drug-likeness (QED) is 0.890. The molecular weight excluding hydrogens is 331 g/mol. The van der Waals surface area contributed by atoms with E-state index in [4.69, 9.17) is 0 Å². The van der Waals surface area contributed by atoms with Crippen molar-refractivity contribution in [3.63, 3.8) is 0 Å². The number of hydrogen-bond acceptors (Lipinski definition) is 3. The molecule has 7 heteroatoms. The normalized spacial score (nSPS) is 11.4. The van der Waals surface area contributed by atoms with Gasteiger partial charge in [0.05, 0.1) is 10.6 Å². The molecular formula is C17H19FN2O3S. The minimum Gasteiger partial charge on any atom is -0.319 e. The molecule has 0 aromatic heterocycles. The largest absolute Gasteiger partial charge is 0.319 e. The summed E-state index contributed by atoms with van der Waals surface area (Å²) in [6.07, 6.45) is 0. The number of carbonyl (C=O) groups excluding carboxylic acids is 1. The molecule has 0 unspecified atom stereocenters. The molecule has 2 rings (SSSR count). The van der Waals surface area contributed by atoms with Gasteiger partial charge in [0.25, 0.3) is 5.91 Å². The van der Waals surface area contributed by atoms with E-state index in [0.717, 1.165) is 5.56 Å². The Bertz CT molecular complexity index is 908. The van der Waals surface area contributed by atoms with Crippen molar-refractivity contribution in [3.8, 4) is 0 Å². The molecule has 1 amide bonds. The van der Waals surface area contributed by atoms with Crippen LogP contribution in [0.1, 0.15) is 27.0 Å². The SMILES string of the molecule is CNS(=O)(=O)c1cc(C(=O)Nc2cc(C)ccc2F)cc(C)c1C. The fourth-order valence-corrected chi connectivity index (χ4v) is 3.34. The fourth-order valence-electron chi connectivity index (χ4n) is 2.28. The second-order valence-corrected chi connectivity index (χ2v) is 7.42. The zero-order chi connectivity index (χ0) is 18.1. The van der Waals surface area contributed by atoms with Gasteiger partial charge in [-0.25, -0.2) is 17.5 Å². The van der Waals surface area contributed by atoms with Crippen LogP contribution in [0.3, 0.4) is 0 Å². The maximum atomic E-state index is 13.8. The van der Waals surface area contributed by atoms with Crippen molar-refractivity contribution in [2.75, 3.05) is 12.4 Å². The monoisotopic (exact) mass is 350 g/mol. The van der Waals surface area contributed by atoms with Gasteiger partial charge in [-0.15, -0.1) is 0 Å². The summed E-state index contributed by atoms with van der Waals surface area (Å²) < 4.78 is 40.2. The highest BCUT2D eigenvalue weighted by Gasteiger charge is 2.20. The molecule has 0 radical (unpaired) electrons. The number of halogens is 1. The average Bonchev–Trinajstić information content (AvgIpc) is 2.53. The van der Waals surface area contributed by atoms with Crippen molar-refractivity contribution in [3.05, 3.63) is 58.4 Å². The number of sulfonamides is 1. The van der Waals surface area contributed by atoms with Gasteiger partial charge in [-0.2, -0.15) is 0 Å². The van der Waals surface area contributed by atoms with Crippen LogP contribution >= 0.6 is 0 Å². The van der Waals surface area contributed by atoms with E-state index >= 15 is 0 Å². The first-order chi connectivity index (χ1) is 11.2. The van der Waals surface area contributed by atoms with Crippen LogP contribution in [0.2, 0.25) is 0 Å². The molecule has 2 aromatic rings. The van der Waals surface area contributed by atoms with E-state index in [-0.39, 0.29) is 16.1 Å². The van der Waals surface area contributed by atoms with Crippen LogP contribution in [0.4, 0.5) is 10.1 Å². The number of rotatable bonds is 4. The summed E-state index contributed by atoms with van der Waals surface area (Å²) in [5.74, 6) is -1.13. The van der Waals surface area contributed by atoms with E-state index in [0.29, 0.717) is 11.1 Å². The fraction of sp³-hybridized carbons (Fsp3) is 0.235. The topological polar surface area (TPSA) is 75.3 Å². The molecule has 2 aromatic carbocycles. The zero-order valence-electron chi connectivity index (χ0n) is 13.9. The summed E-state index contributed by atoms with van der Waals surface area (Å²) >= 11 is 0. The first kappa shape index (κ1) is 18.1. The summed E-state index contributed by atoms with van der Waals surface area (Å²) in [7, 11) is -2.39. The summed E-state index contributed by atoms with van der Waals surface area (Å²) in [6.45, 7) is 5.16. The molecule has 5 nitrogen and oxygen atoms in total. The Kier molecular flexibility index (Phi) is 5.05. The van der Waals surface area contributed by atoms with Crippen molar-refractivity contribution in [1.82, 2.24) is 4.72 Å². The molecule has 0 bridgehead atoms. The Morgan fingerprint density at radius 2 is 1.75 bits per heavy atom. The molecule has 0 heterocycles. The number of aryl methyl sites for hydroxylation is 2. The van der Waals surface area contributed by atoms with Crippen molar-refractivity contribution < 1.29 is 17.6 Å². The summed E-state index contributed by atoms with van der Waals surface area (Å²) in [5.41, 5.74) is 2.21. The summed E-state index contributed by atoms with van der Waals surface area (Å²) in [6, 6.07) is 7.24. The Labute approximate surface area is 141 Å². The molecule has 128 valence electrons. The minimum absolute atomic E-state index is 0.0277. The van der Waals surface area contributed by atoms with Crippen molar-refractivity contribution in [2.45, 2.75) is 25.7 Å². The van der Waals surface area contributed by atoms with Crippen molar-refractivity contribution >= 4 is 21.6 Å². The smallest absolute Gasteiger partial charge is 0.255 e. The van der Waals surface area contributed by atoms with Crippen LogP contribution < -0.4 is 10.0 Å². The van der Waals surface area contributed by atoms with Gasteiger partial charge in [0.2, 0.25) is 10.0 Å². The lowest BCUT2D eigenvalue weighted by molar-refractivity contribution is 0.102. The van der Waals surface area contributed by atoms with Gasteiger partial charge in [0.1, 0.15) is 5.82 Å². The van der Waals surface area contributed by atoms with Gasteiger partial charge in [0.15, 0.2) is 0 Å². The van der Waals surface area contributed by atoms with Gasteiger partial charge < -0.3 is 5.32 Å². The van der Waals surface area contributed by atoms with Crippen molar-refractivity contribution in [1.29, 1.82) is 0 Å². The van der Waals surface area contributed by atoms with E-state index in [9.17, 15) is 17.6 Å². The second-order valence-electron chi connectivity index (χ2n) is 5.56. The van der Waals surface area contributed by atoms with Gasteiger partial charge in [0, 0.05) is 5.56 Å². The standard InChI is InChI=1S/C17H19FN2O3S/c1-10-5-6-14(18)15(7-10)20-17(21)13-8-11(2)12(3)16(9-13)24(22,23)19-4/h5-9,19H,1-4H3,(H,20,21). The number of benzene rings is 2. The number of amides is 1. The van der Waals surface area contributed by atoms with Gasteiger partial charge in [-0.05, 0) is 68.8 Å². The lowest BCUT2D eigenvalue weighted by Crippen LogP contribution is -2.21. The van der Waals surface area contributed by atoms with Crippen LogP contribution in [0.15, 0.2) is 35.2 Å². The number of nitrogens with one attached hydrogen (secondary N) is 2. The highest BCUT2D eigenvalue weighted by Crippen LogP contribution is 2.22. The lowest BCUT2D eigenvalue weighted by atomic mass is 10.1. The molecule has 2 N–H and O–H groups in total. The van der Waals surface area contributed by atoms with Gasteiger partial charge in [-0.1, -0.05) is 6.07 Å². The van der Waals surface area contributed by atoms with Gasteiger partial charge in [-0.3, -0.25) is 4.79 Å². The number of anilines is 1. The maximum absolute atomic E-state index is 13.8. The molecule has 0 fully saturated rings. The third-order valence-electron chi connectivity index (χ3n) is 3.81. The highest BCUT2D eigenvalue weighted by atomic mass is 32.2. The molecule has 0 aliphatic carbocycles.